The number of pyridine rings is 2. The highest BCUT2D eigenvalue weighted by Gasteiger charge is 2.12. The Morgan fingerprint density at radius 1 is 1.27 bits per heavy atom. The molecule has 0 bridgehead atoms. The first kappa shape index (κ1) is 13.9. The molecule has 0 saturated heterocycles. The average Bonchev–Trinajstić information content (AvgIpc) is 3.00. The summed E-state index contributed by atoms with van der Waals surface area (Å²) < 4.78 is 1.76. The Morgan fingerprint density at radius 2 is 2.14 bits per heavy atom. The molecule has 110 valence electrons. The molecule has 22 heavy (non-hydrogen) atoms. The number of hydrogen-bond acceptors (Lipinski definition) is 4. The lowest BCUT2D eigenvalue weighted by atomic mass is 10.2. The molecule has 3 aromatic rings. The molecule has 0 radical (unpaired) electrons. The van der Waals surface area contributed by atoms with Gasteiger partial charge in [-0.25, -0.2) is 14.5 Å². The zero-order chi connectivity index (χ0) is 15.5. The molecule has 0 amide bonds. The number of aryl methyl sites for hydroxylation is 1. The number of hydrogen-bond donors (Lipinski definition) is 1. The van der Waals surface area contributed by atoms with Crippen molar-refractivity contribution in [2.24, 2.45) is 0 Å². The summed E-state index contributed by atoms with van der Waals surface area (Å²) in [5, 5.41) is 13.5. The summed E-state index contributed by atoms with van der Waals surface area (Å²) in [7, 11) is 0. The van der Waals surface area contributed by atoms with Gasteiger partial charge in [-0.05, 0) is 36.8 Å². The number of aromatic carboxylic acids is 1. The van der Waals surface area contributed by atoms with E-state index in [4.69, 9.17) is 5.11 Å². The quantitative estimate of drug-likeness (QED) is 0.800. The maximum Gasteiger partial charge on any atom is 0.354 e. The van der Waals surface area contributed by atoms with Gasteiger partial charge in [0.15, 0.2) is 0 Å². The van der Waals surface area contributed by atoms with Gasteiger partial charge in [0.05, 0.1) is 23.3 Å². The van der Waals surface area contributed by atoms with Gasteiger partial charge in [0.1, 0.15) is 5.69 Å². The molecule has 0 aliphatic carbocycles. The number of carboxylic acid groups (broad SMARTS) is 1. The third-order valence-corrected chi connectivity index (χ3v) is 3.29. The van der Waals surface area contributed by atoms with Gasteiger partial charge in [0, 0.05) is 18.0 Å². The summed E-state index contributed by atoms with van der Waals surface area (Å²) in [6.45, 7) is 2.03. The predicted octanol–water partition coefficient (Wildman–Crippen LogP) is 2.59. The van der Waals surface area contributed by atoms with Crippen molar-refractivity contribution in [3.63, 3.8) is 0 Å². The molecule has 0 atom stereocenters. The molecule has 0 aliphatic heterocycles. The molecule has 6 nitrogen and oxygen atoms in total. The first-order chi connectivity index (χ1) is 10.7. The minimum Gasteiger partial charge on any atom is -0.477 e. The van der Waals surface area contributed by atoms with Crippen LogP contribution in [-0.2, 0) is 6.42 Å². The number of carbonyl (C=O) groups is 1. The standard InChI is InChI=1S/C16H14N4O2/c1-2-12-8-15(11-4-3-7-17-9-11)20(19-12)13-5-6-14(16(21)22)18-10-13/h3-10H,2H2,1H3,(H,21,22). The lowest BCUT2D eigenvalue weighted by Gasteiger charge is -2.07. The second-order valence-electron chi connectivity index (χ2n) is 4.73. The minimum absolute atomic E-state index is 0.00884. The van der Waals surface area contributed by atoms with Crippen molar-refractivity contribution in [2.75, 3.05) is 0 Å². The van der Waals surface area contributed by atoms with Gasteiger partial charge < -0.3 is 5.11 Å². The van der Waals surface area contributed by atoms with Crippen LogP contribution in [0, 0.1) is 0 Å². The molecule has 3 rings (SSSR count). The van der Waals surface area contributed by atoms with E-state index in [1.807, 2.05) is 25.1 Å². The number of aromatic nitrogens is 4. The Balaban J connectivity index is 2.10. The third kappa shape index (κ3) is 2.58. The van der Waals surface area contributed by atoms with Crippen molar-refractivity contribution in [1.82, 2.24) is 19.7 Å². The Hall–Kier alpha value is -3.02. The van der Waals surface area contributed by atoms with E-state index in [1.54, 1.807) is 23.1 Å². The maximum absolute atomic E-state index is 10.9. The van der Waals surface area contributed by atoms with Crippen molar-refractivity contribution < 1.29 is 9.90 Å². The van der Waals surface area contributed by atoms with Gasteiger partial charge in [-0.2, -0.15) is 5.10 Å². The Kier molecular flexibility index (Phi) is 3.65. The summed E-state index contributed by atoms with van der Waals surface area (Å²) in [5.41, 5.74) is 3.51. The van der Waals surface area contributed by atoms with E-state index < -0.39 is 5.97 Å². The van der Waals surface area contributed by atoms with Crippen LogP contribution >= 0.6 is 0 Å². The fraction of sp³-hybridized carbons (Fsp3) is 0.125. The highest BCUT2D eigenvalue weighted by Crippen LogP contribution is 2.23. The zero-order valence-electron chi connectivity index (χ0n) is 12.0. The summed E-state index contributed by atoms with van der Waals surface area (Å²) >= 11 is 0. The molecule has 3 aromatic heterocycles. The number of carboxylic acids is 1. The zero-order valence-corrected chi connectivity index (χ0v) is 12.0. The van der Waals surface area contributed by atoms with E-state index in [0.29, 0.717) is 5.69 Å². The lowest BCUT2D eigenvalue weighted by Crippen LogP contribution is -2.04. The van der Waals surface area contributed by atoms with Crippen molar-refractivity contribution in [1.29, 1.82) is 0 Å². The molecule has 6 heteroatoms. The van der Waals surface area contributed by atoms with E-state index in [-0.39, 0.29) is 5.69 Å². The van der Waals surface area contributed by atoms with Gasteiger partial charge in [-0.1, -0.05) is 6.92 Å². The van der Waals surface area contributed by atoms with E-state index in [0.717, 1.165) is 23.4 Å². The summed E-state index contributed by atoms with van der Waals surface area (Å²) in [6, 6.07) is 8.99. The van der Waals surface area contributed by atoms with Crippen LogP contribution in [0.3, 0.4) is 0 Å². The molecule has 1 N–H and O–H groups in total. The first-order valence-corrected chi connectivity index (χ1v) is 6.88. The summed E-state index contributed by atoms with van der Waals surface area (Å²) in [4.78, 5) is 19.0. The predicted molar refractivity (Wildman–Crippen MR) is 80.9 cm³/mol. The maximum atomic E-state index is 10.9. The first-order valence-electron chi connectivity index (χ1n) is 6.88. The minimum atomic E-state index is -1.05. The molecule has 0 fully saturated rings. The largest absolute Gasteiger partial charge is 0.477 e. The summed E-state index contributed by atoms with van der Waals surface area (Å²) in [6.07, 6.45) is 5.80. The van der Waals surface area contributed by atoms with Crippen LogP contribution in [0.2, 0.25) is 0 Å². The highest BCUT2D eigenvalue weighted by molar-refractivity contribution is 5.85. The van der Waals surface area contributed by atoms with Crippen molar-refractivity contribution in [3.8, 4) is 16.9 Å². The van der Waals surface area contributed by atoms with Crippen LogP contribution < -0.4 is 0 Å². The van der Waals surface area contributed by atoms with Crippen molar-refractivity contribution in [2.45, 2.75) is 13.3 Å². The lowest BCUT2D eigenvalue weighted by molar-refractivity contribution is 0.0690. The van der Waals surface area contributed by atoms with Crippen molar-refractivity contribution >= 4 is 5.97 Å². The van der Waals surface area contributed by atoms with Gasteiger partial charge in [-0.15, -0.1) is 0 Å². The molecule has 0 aliphatic rings. The molecule has 3 heterocycles. The second-order valence-corrected chi connectivity index (χ2v) is 4.73. The normalized spacial score (nSPS) is 10.6. The van der Waals surface area contributed by atoms with E-state index in [1.165, 1.54) is 12.3 Å². The fourth-order valence-corrected chi connectivity index (χ4v) is 2.16. The third-order valence-electron chi connectivity index (χ3n) is 3.29. The van der Waals surface area contributed by atoms with Crippen LogP contribution in [0.25, 0.3) is 16.9 Å². The Bertz CT molecular complexity index is 795. The molecular formula is C16H14N4O2. The number of nitrogens with zero attached hydrogens (tertiary/aromatic N) is 4. The summed E-state index contributed by atoms with van der Waals surface area (Å²) in [5.74, 6) is -1.05. The Morgan fingerprint density at radius 3 is 2.73 bits per heavy atom. The molecule has 0 spiro atoms. The van der Waals surface area contributed by atoms with Gasteiger partial charge >= 0.3 is 5.97 Å². The van der Waals surface area contributed by atoms with E-state index >= 15 is 0 Å². The second kappa shape index (κ2) is 5.77. The molecule has 0 saturated carbocycles. The van der Waals surface area contributed by atoms with Crippen molar-refractivity contribution in [3.05, 3.63) is 60.3 Å². The molecule has 0 aromatic carbocycles. The molecule has 0 unspecified atom stereocenters. The van der Waals surface area contributed by atoms with Gasteiger partial charge in [0.25, 0.3) is 0 Å². The SMILES string of the molecule is CCc1cc(-c2cccnc2)n(-c2ccc(C(=O)O)nc2)n1. The van der Waals surface area contributed by atoms with E-state index in [9.17, 15) is 4.79 Å². The van der Waals surface area contributed by atoms with Crippen LogP contribution in [0.1, 0.15) is 23.1 Å². The van der Waals surface area contributed by atoms with Crippen LogP contribution in [0.5, 0.6) is 0 Å². The van der Waals surface area contributed by atoms with Gasteiger partial charge in [0.2, 0.25) is 0 Å². The van der Waals surface area contributed by atoms with Crippen LogP contribution in [-0.4, -0.2) is 30.8 Å². The topological polar surface area (TPSA) is 80.9 Å². The fourth-order valence-electron chi connectivity index (χ4n) is 2.16. The highest BCUT2D eigenvalue weighted by atomic mass is 16.4. The molecular weight excluding hydrogens is 280 g/mol. The Labute approximate surface area is 127 Å². The smallest absolute Gasteiger partial charge is 0.354 e. The average molecular weight is 294 g/mol. The van der Waals surface area contributed by atoms with E-state index in [2.05, 4.69) is 15.1 Å². The van der Waals surface area contributed by atoms with Crippen LogP contribution in [0.15, 0.2) is 48.9 Å². The number of rotatable bonds is 4. The van der Waals surface area contributed by atoms with Crippen LogP contribution in [0.4, 0.5) is 0 Å². The van der Waals surface area contributed by atoms with Gasteiger partial charge in [-0.3, -0.25) is 4.98 Å². The monoisotopic (exact) mass is 294 g/mol.